The molecule has 2 heterocycles. The maximum Gasteiger partial charge on any atom is 0.281 e. The van der Waals surface area contributed by atoms with E-state index in [4.69, 9.17) is 4.74 Å². The number of amides is 2. The van der Waals surface area contributed by atoms with E-state index in [0.717, 1.165) is 43.0 Å². The molecule has 5 nitrogen and oxygen atoms in total. The topological polar surface area (TPSA) is 49.9 Å². The third-order valence-corrected chi connectivity index (χ3v) is 5.38. The summed E-state index contributed by atoms with van der Waals surface area (Å²) in [6.07, 6.45) is 2.41. The van der Waals surface area contributed by atoms with E-state index < -0.39 is 0 Å². The van der Waals surface area contributed by atoms with Crippen molar-refractivity contribution in [2.75, 3.05) is 32.5 Å². The highest BCUT2D eigenvalue weighted by Crippen LogP contribution is 2.34. The molecule has 2 fully saturated rings. The number of hydrogen-bond acceptors (Lipinski definition) is 4. The van der Waals surface area contributed by atoms with E-state index in [1.54, 1.807) is 12.0 Å². The second-order valence-corrected chi connectivity index (χ2v) is 6.92. The smallest absolute Gasteiger partial charge is 0.281 e. The quantitative estimate of drug-likeness (QED) is 0.831. The molecule has 2 amide bonds. The molecular weight excluding hydrogens is 312 g/mol. The van der Waals surface area contributed by atoms with E-state index >= 15 is 0 Å². The Morgan fingerprint density at radius 3 is 3.00 bits per heavy atom. The first-order valence-corrected chi connectivity index (χ1v) is 9.02. The first-order valence-electron chi connectivity index (χ1n) is 8.04. The van der Waals surface area contributed by atoms with Gasteiger partial charge in [-0.15, -0.1) is 0 Å². The zero-order chi connectivity index (χ0) is 16.2. The highest BCUT2D eigenvalue weighted by Gasteiger charge is 2.31. The van der Waals surface area contributed by atoms with Gasteiger partial charge in [0.15, 0.2) is 0 Å². The molecule has 0 unspecified atom stereocenters. The minimum Gasteiger partial charge on any atom is -0.497 e. The number of thioether (sulfide) groups is 1. The van der Waals surface area contributed by atoms with Crippen molar-refractivity contribution in [3.63, 3.8) is 0 Å². The number of benzene rings is 1. The summed E-state index contributed by atoms with van der Waals surface area (Å²) in [6, 6.07) is 8.08. The molecule has 23 heavy (non-hydrogen) atoms. The van der Waals surface area contributed by atoms with E-state index in [0.29, 0.717) is 13.0 Å². The van der Waals surface area contributed by atoms with Crippen LogP contribution in [0.3, 0.4) is 0 Å². The average Bonchev–Trinajstić information content (AvgIpc) is 3.21. The van der Waals surface area contributed by atoms with Crippen LogP contribution in [0.4, 0.5) is 4.79 Å². The average molecular weight is 334 g/mol. The first kappa shape index (κ1) is 16.2. The van der Waals surface area contributed by atoms with E-state index in [2.05, 4.69) is 6.07 Å². The van der Waals surface area contributed by atoms with Gasteiger partial charge in [0, 0.05) is 31.8 Å². The molecule has 1 atom stereocenters. The Labute approximate surface area is 141 Å². The number of rotatable bonds is 5. The van der Waals surface area contributed by atoms with Crippen molar-refractivity contribution < 1.29 is 14.3 Å². The van der Waals surface area contributed by atoms with Crippen LogP contribution in [0.5, 0.6) is 5.75 Å². The molecular formula is C17H22N2O3S. The van der Waals surface area contributed by atoms with E-state index in [1.165, 1.54) is 11.8 Å². The van der Waals surface area contributed by atoms with Crippen molar-refractivity contribution in [2.45, 2.75) is 25.3 Å². The Kier molecular flexibility index (Phi) is 5.10. The molecule has 0 aliphatic carbocycles. The Balaban J connectivity index is 1.63. The van der Waals surface area contributed by atoms with Crippen LogP contribution in [0, 0.1) is 0 Å². The van der Waals surface area contributed by atoms with Gasteiger partial charge in [0.05, 0.1) is 13.2 Å². The zero-order valence-electron chi connectivity index (χ0n) is 13.4. The van der Waals surface area contributed by atoms with Gasteiger partial charge < -0.3 is 14.5 Å². The third-order valence-electron chi connectivity index (χ3n) is 4.49. The van der Waals surface area contributed by atoms with Crippen LogP contribution in [0.15, 0.2) is 24.3 Å². The molecule has 0 N–H and O–H groups in total. The third kappa shape index (κ3) is 3.63. The monoisotopic (exact) mass is 334 g/mol. The fourth-order valence-corrected chi connectivity index (χ4v) is 4.12. The van der Waals surface area contributed by atoms with Gasteiger partial charge in [0.2, 0.25) is 5.91 Å². The maximum atomic E-state index is 12.6. The number of carbonyl (C=O) groups excluding carboxylic acids is 2. The summed E-state index contributed by atoms with van der Waals surface area (Å²) < 4.78 is 5.29. The number of carbonyl (C=O) groups is 2. The molecule has 124 valence electrons. The summed E-state index contributed by atoms with van der Waals surface area (Å²) in [5, 5.41) is 0.101. The highest BCUT2D eigenvalue weighted by molar-refractivity contribution is 8.13. The standard InChI is InChI=1S/C17H22N2O3S/c1-22-14-5-2-4-13(12-14)15-6-3-8-19(15)16(20)7-9-18-10-11-23-17(18)21/h2,4-5,12,15H,3,6-11H2,1H3/t15-/m0/s1. The molecule has 0 aromatic heterocycles. The Hall–Kier alpha value is -1.69. The predicted octanol–water partition coefficient (Wildman–Crippen LogP) is 2.92. The summed E-state index contributed by atoms with van der Waals surface area (Å²) in [6.45, 7) is 2.09. The minimum atomic E-state index is 0.101. The van der Waals surface area contributed by atoms with Gasteiger partial charge in [0.1, 0.15) is 5.75 Å². The molecule has 6 heteroatoms. The molecule has 1 aromatic rings. The highest BCUT2D eigenvalue weighted by atomic mass is 32.2. The maximum absolute atomic E-state index is 12.6. The molecule has 0 spiro atoms. The normalized spacial score (nSPS) is 21.1. The van der Waals surface area contributed by atoms with Crippen molar-refractivity contribution >= 4 is 22.9 Å². The lowest BCUT2D eigenvalue weighted by atomic mass is 10.0. The lowest BCUT2D eigenvalue weighted by molar-refractivity contribution is -0.132. The van der Waals surface area contributed by atoms with Gasteiger partial charge in [-0.2, -0.15) is 0 Å². The van der Waals surface area contributed by atoms with Crippen molar-refractivity contribution in [1.29, 1.82) is 0 Å². The largest absolute Gasteiger partial charge is 0.497 e. The molecule has 1 aromatic carbocycles. The SMILES string of the molecule is COc1cccc([C@@H]2CCCN2C(=O)CCN2CCSC2=O)c1. The summed E-state index contributed by atoms with van der Waals surface area (Å²) in [5.41, 5.74) is 1.13. The second kappa shape index (κ2) is 7.25. The van der Waals surface area contributed by atoms with Gasteiger partial charge in [-0.05, 0) is 30.5 Å². The van der Waals surface area contributed by atoms with Gasteiger partial charge >= 0.3 is 0 Å². The molecule has 0 saturated carbocycles. The zero-order valence-corrected chi connectivity index (χ0v) is 14.2. The van der Waals surface area contributed by atoms with Crippen LogP contribution in [0.25, 0.3) is 0 Å². The van der Waals surface area contributed by atoms with Crippen LogP contribution in [0.1, 0.15) is 30.9 Å². The summed E-state index contributed by atoms with van der Waals surface area (Å²) in [7, 11) is 1.65. The number of likely N-dealkylation sites (tertiary alicyclic amines) is 1. The fourth-order valence-electron chi connectivity index (χ4n) is 3.26. The molecule has 0 bridgehead atoms. The Morgan fingerprint density at radius 2 is 2.26 bits per heavy atom. The second-order valence-electron chi connectivity index (χ2n) is 5.87. The lowest BCUT2D eigenvalue weighted by Crippen LogP contribution is -2.34. The number of methoxy groups -OCH3 is 1. The molecule has 2 aliphatic heterocycles. The van der Waals surface area contributed by atoms with Crippen LogP contribution < -0.4 is 4.74 Å². The number of hydrogen-bond donors (Lipinski definition) is 0. The van der Waals surface area contributed by atoms with Crippen molar-refractivity contribution in [2.24, 2.45) is 0 Å². The van der Waals surface area contributed by atoms with Gasteiger partial charge in [-0.3, -0.25) is 9.59 Å². The predicted molar refractivity (Wildman–Crippen MR) is 90.7 cm³/mol. The van der Waals surface area contributed by atoms with Crippen LogP contribution in [-0.2, 0) is 4.79 Å². The summed E-state index contributed by atoms with van der Waals surface area (Å²) in [5.74, 6) is 1.80. The molecule has 3 rings (SSSR count). The van der Waals surface area contributed by atoms with Gasteiger partial charge in [-0.25, -0.2) is 0 Å². The Morgan fingerprint density at radius 1 is 1.39 bits per heavy atom. The lowest BCUT2D eigenvalue weighted by Gasteiger charge is -2.26. The summed E-state index contributed by atoms with van der Waals surface area (Å²) in [4.78, 5) is 27.9. The van der Waals surface area contributed by atoms with Crippen molar-refractivity contribution in [3.8, 4) is 5.75 Å². The minimum absolute atomic E-state index is 0.101. The molecule has 2 aliphatic rings. The van der Waals surface area contributed by atoms with Crippen LogP contribution >= 0.6 is 11.8 Å². The number of ether oxygens (including phenoxy) is 1. The number of nitrogens with zero attached hydrogens (tertiary/aromatic N) is 2. The fraction of sp³-hybridized carbons (Fsp3) is 0.529. The Bertz CT molecular complexity index is 593. The van der Waals surface area contributed by atoms with Crippen molar-refractivity contribution in [3.05, 3.63) is 29.8 Å². The first-order chi connectivity index (χ1) is 11.2. The molecule has 0 radical (unpaired) electrons. The van der Waals surface area contributed by atoms with E-state index in [-0.39, 0.29) is 17.2 Å². The van der Waals surface area contributed by atoms with Gasteiger partial charge in [-0.1, -0.05) is 23.9 Å². The van der Waals surface area contributed by atoms with Crippen LogP contribution in [-0.4, -0.2) is 53.4 Å². The van der Waals surface area contributed by atoms with E-state index in [9.17, 15) is 9.59 Å². The van der Waals surface area contributed by atoms with Crippen LogP contribution in [0.2, 0.25) is 0 Å². The van der Waals surface area contributed by atoms with Crippen molar-refractivity contribution in [1.82, 2.24) is 9.80 Å². The van der Waals surface area contributed by atoms with Gasteiger partial charge in [0.25, 0.3) is 5.24 Å². The molecule has 2 saturated heterocycles. The van der Waals surface area contributed by atoms with E-state index in [1.807, 2.05) is 23.1 Å². The summed E-state index contributed by atoms with van der Waals surface area (Å²) >= 11 is 1.34.